The normalized spacial score (nSPS) is 11.7. The predicted molar refractivity (Wildman–Crippen MR) is 157 cm³/mol. The number of aryl methyl sites for hydroxylation is 1. The molecule has 0 radical (unpaired) electrons. The molecule has 0 bridgehead atoms. The quantitative estimate of drug-likeness (QED) is 0.113. The molecule has 8 nitrogen and oxygen atoms in total. The van der Waals surface area contributed by atoms with E-state index in [2.05, 4.69) is 35.7 Å². The van der Waals surface area contributed by atoms with Gasteiger partial charge in [-0.15, -0.1) is 25.5 Å². The first-order valence-corrected chi connectivity index (χ1v) is 17.3. The lowest BCUT2D eigenvalue weighted by Crippen LogP contribution is -2.22. The van der Waals surface area contributed by atoms with Gasteiger partial charge in [0.1, 0.15) is 11.7 Å². The van der Waals surface area contributed by atoms with Crippen LogP contribution in [0.5, 0.6) is 0 Å². The zero-order valence-corrected chi connectivity index (χ0v) is 24.6. The third-order valence-corrected chi connectivity index (χ3v) is 8.89. The molecular weight excluding hydrogens is 527 g/mol. The van der Waals surface area contributed by atoms with Crippen molar-refractivity contribution < 1.29 is 14.3 Å². The van der Waals surface area contributed by atoms with Crippen LogP contribution in [0.1, 0.15) is 16.2 Å². The van der Waals surface area contributed by atoms with Crippen molar-refractivity contribution in [1.29, 1.82) is 0 Å². The van der Waals surface area contributed by atoms with E-state index in [0.29, 0.717) is 17.4 Å². The van der Waals surface area contributed by atoms with E-state index >= 15 is 0 Å². The van der Waals surface area contributed by atoms with Gasteiger partial charge in [-0.25, -0.2) is 14.8 Å². The minimum atomic E-state index is -1.18. The summed E-state index contributed by atoms with van der Waals surface area (Å²) in [6, 6.07) is 15.3. The highest BCUT2D eigenvalue weighted by Gasteiger charge is 2.18. The maximum absolute atomic E-state index is 11.9. The number of thiazole rings is 1. The minimum absolute atomic E-state index is 0.291. The fourth-order valence-corrected chi connectivity index (χ4v) is 5.70. The van der Waals surface area contributed by atoms with Crippen LogP contribution in [0, 0.1) is 6.92 Å². The van der Waals surface area contributed by atoms with Gasteiger partial charge < -0.3 is 14.0 Å². The first-order valence-electron chi connectivity index (χ1n) is 12.7. The molecule has 0 fully saturated rings. The second-order valence-corrected chi connectivity index (χ2v) is 17.1. The summed E-state index contributed by atoms with van der Waals surface area (Å²) < 4.78 is 12.9. The Labute approximate surface area is 232 Å². The highest BCUT2D eigenvalue weighted by Crippen LogP contribution is 2.33. The molecule has 0 aliphatic rings. The Morgan fingerprint density at radius 2 is 1.87 bits per heavy atom. The number of carbonyl (C=O) groups excluding carboxylic acids is 1. The number of imidazole rings is 1. The van der Waals surface area contributed by atoms with E-state index in [1.807, 2.05) is 54.2 Å². The average Bonchev–Trinajstić information content (AvgIpc) is 3.57. The number of benzene rings is 1. The number of aromatic nitrogens is 5. The highest BCUT2D eigenvalue weighted by atomic mass is 32.1. The molecule has 201 valence electrons. The summed E-state index contributed by atoms with van der Waals surface area (Å²) in [6.07, 6.45) is 3.60. The Kier molecular flexibility index (Phi) is 7.69. The van der Waals surface area contributed by atoms with Crippen molar-refractivity contribution in [3.8, 4) is 33.2 Å². The summed E-state index contributed by atoms with van der Waals surface area (Å²) in [5.41, 5.74) is 6.47. The molecule has 4 heterocycles. The smallest absolute Gasteiger partial charge is 0.357 e. The first-order chi connectivity index (χ1) is 18.7. The van der Waals surface area contributed by atoms with Crippen LogP contribution in [0.3, 0.4) is 0 Å². The van der Waals surface area contributed by atoms with Crippen molar-refractivity contribution >= 4 is 36.3 Å². The van der Waals surface area contributed by atoms with E-state index in [1.165, 1.54) is 18.4 Å². The molecule has 5 rings (SSSR count). The van der Waals surface area contributed by atoms with Gasteiger partial charge in [-0.05, 0) is 37.3 Å². The molecule has 1 aromatic carbocycles. The third-order valence-electron chi connectivity index (χ3n) is 6.30. The van der Waals surface area contributed by atoms with Gasteiger partial charge in [-0.3, -0.25) is 9.97 Å². The highest BCUT2D eigenvalue weighted by molar-refractivity contribution is 7.13. The van der Waals surface area contributed by atoms with Crippen molar-refractivity contribution in [3.05, 3.63) is 71.8 Å². The van der Waals surface area contributed by atoms with E-state index in [1.54, 1.807) is 11.6 Å². The number of methoxy groups -OCH3 is 1. The van der Waals surface area contributed by atoms with E-state index < -0.39 is 14.0 Å². The molecule has 5 aromatic rings. The number of nitrogens with zero attached hydrogens (tertiary/aromatic N) is 5. The van der Waals surface area contributed by atoms with E-state index in [9.17, 15) is 4.79 Å². The van der Waals surface area contributed by atoms with Gasteiger partial charge in [-0.2, -0.15) is 19.6 Å². The maximum atomic E-state index is 11.9. The van der Waals surface area contributed by atoms with Gasteiger partial charge in [0.25, 0.3) is 0 Å². The average molecular weight is 558 g/mol. The van der Waals surface area contributed by atoms with E-state index in [-0.39, 0.29) is 0 Å². The van der Waals surface area contributed by atoms with Crippen molar-refractivity contribution in [2.75, 3.05) is 13.7 Å². The maximum Gasteiger partial charge on any atom is 0.357 e. The lowest BCUT2D eigenvalue weighted by molar-refractivity contribution is 0.0595. The number of hydrogen-bond donors (Lipinski definition) is 0. The largest absolute Gasteiger partial charge is 0.464 e. The molecule has 0 spiro atoms. The lowest BCUT2D eigenvalue weighted by Gasteiger charge is -2.26. The number of carbonyl (C=O) groups is 1. The summed E-state index contributed by atoms with van der Waals surface area (Å²) in [4.78, 5) is 30.5. The number of pyridine rings is 2. The van der Waals surface area contributed by atoms with E-state index in [0.717, 1.165) is 57.5 Å². The van der Waals surface area contributed by atoms with Crippen molar-refractivity contribution in [2.45, 2.75) is 39.3 Å². The molecule has 0 amide bonds. The zero-order valence-electron chi connectivity index (χ0n) is 22.8. The van der Waals surface area contributed by atoms with Crippen molar-refractivity contribution in [3.63, 3.8) is 0 Å². The summed E-state index contributed by atoms with van der Waals surface area (Å²) in [5, 5.41) is 3.35. The van der Waals surface area contributed by atoms with Crippen LogP contribution in [-0.2, 0) is 16.2 Å². The fourth-order valence-electron chi connectivity index (χ4n) is 4.18. The molecule has 0 saturated heterocycles. The monoisotopic (exact) mass is 557 g/mol. The second kappa shape index (κ2) is 11.2. The predicted octanol–water partition coefficient (Wildman–Crippen LogP) is 6.69. The molecule has 0 aliphatic heterocycles. The minimum Gasteiger partial charge on any atom is -0.464 e. The fraction of sp³-hybridized carbons (Fsp3) is 0.276. The number of ether oxygens (including phenoxy) is 2. The summed E-state index contributed by atoms with van der Waals surface area (Å²) in [5.74, 6) is -0.453. The Morgan fingerprint density at radius 1 is 1.05 bits per heavy atom. The number of hydrogen-bond acceptors (Lipinski definition) is 8. The molecule has 0 atom stereocenters. The van der Waals surface area contributed by atoms with Gasteiger partial charge in [0.15, 0.2) is 5.69 Å². The molecule has 0 aliphatic carbocycles. The molecule has 0 saturated carbocycles. The standard InChI is InChI=1S/C29H31N5O3SSi/c1-19-7-6-8-24(32-19)27-26(31-17-34(27)18-37-11-12-39(3,4)5)20-9-10-23-21(13-20)14-22(15-30-23)28-33-25(16-38-28)29(35)36-2/h6-10,13-17H,11-12,18H2,1-5H3/q-1. The first kappa shape index (κ1) is 26.9. The Bertz CT molecular complexity index is 1640. The van der Waals surface area contributed by atoms with Crippen LogP contribution in [0.15, 0.2) is 60.4 Å². The summed E-state index contributed by atoms with van der Waals surface area (Å²) in [6.45, 7) is 10.2. The van der Waals surface area contributed by atoms with Crippen LogP contribution < -0.4 is 0 Å². The van der Waals surface area contributed by atoms with E-state index in [4.69, 9.17) is 19.4 Å². The molecule has 39 heavy (non-hydrogen) atoms. The SMILES string of the molecule is COC(=O)c1csc(-c2cnc3ccc(-c4ncn(COCC[Si-](C)(C)C)c4-c4cccc(C)n4)cc3c2)n1. The number of fused-ring (bicyclic) bond motifs is 1. The van der Waals surface area contributed by atoms with Crippen LogP contribution in [0.25, 0.3) is 44.1 Å². The third kappa shape index (κ3) is 6.13. The van der Waals surface area contributed by atoms with Gasteiger partial charge >= 0.3 is 5.97 Å². The Hall–Kier alpha value is -3.73. The molecular formula is C29H31N5O3SSi-. The summed E-state index contributed by atoms with van der Waals surface area (Å²) >= 11 is 1.38. The van der Waals surface area contributed by atoms with Crippen molar-refractivity contribution in [1.82, 2.24) is 24.5 Å². The van der Waals surface area contributed by atoms with Crippen LogP contribution >= 0.6 is 11.3 Å². The van der Waals surface area contributed by atoms with Crippen LogP contribution in [-0.4, -0.2) is 52.3 Å². The van der Waals surface area contributed by atoms with Gasteiger partial charge in [-0.1, -0.05) is 12.1 Å². The number of rotatable bonds is 9. The Morgan fingerprint density at radius 3 is 2.64 bits per heavy atom. The number of esters is 1. The Balaban J connectivity index is 1.51. The molecule has 4 aromatic heterocycles. The zero-order chi connectivity index (χ0) is 27.6. The van der Waals surface area contributed by atoms with Crippen LogP contribution in [0.4, 0.5) is 0 Å². The van der Waals surface area contributed by atoms with Crippen molar-refractivity contribution in [2.24, 2.45) is 0 Å². The second-order valence-electron chi connectivity index (χ2n) is 10.6. The van der Waals surface area contributed by atoms with Gasteiger partial charge in [0, 0.05) is 40.4 Å². The van der Waals surface area contributed by atoms with Gasteiger partial charge in [0.2, 0.25) is 0 Å². The lowest BCUT2D eigenvalue weighted by atomic mass is 10.0. The van der Waals surface area contributed by atoms with Crippen LogP contribution in [0.2, 0.25) is 25.7 Å². The summed E-state index contributed by atoms with van der Waals surface area (Å²) in [7, 11) is 0.165. The molecule has 0 N–H and O–H groups in total. The topological polar surface area (TPSA) is 92.0 Å². The molecule has 0 unspecified atom stereocenters. The van der Waals surface area contributed by atoms with Gasteiger partial charge in [0.05, 0.1) is 36.0 Å². The molecule has 10 heteroatoms.